The van der Waals surface area contributed by atoms with Gasteiger partial charge in [-0.05, 0) is 24.7 Å². The topological polar surface area (TPSA) is 0 Å². The molecule has 0 amide bonds. The first-order valence-electron chi connectivity index (χ1n) is 10.5. The minimum atomic E-state index is -0.243. The molecule has 0 aromatic rings. The second-order valence-corrected chi connectivity index (χ2v) is 25.2. The maximum atomic E-state index is 2.47. The fourth-order valence-corrected chi connectivity index (χ4v) is 4.22. The molecule has 4 unspecified atom stereocenters. The van der Waals surface area contributed by atoms with Crippen LogP contribution in [-0.4, -0.2) is 9.98 Å². The van der Waals surface area contributed by atoms with E-state index in [1.54, 1.807) is 32.7 Å². The summed E-state index contributed by atoms with van der Waals surface area (Å²) in [6.45, 7) is 4.57. The van der Waals surface area contributed by atoms with E-state index in [9.17, 15) is 0 Å². The van der Waals surface area contributed by atoms with Crippen LogP contribution < -0.4 is 24.8 Å². The van der Waals surface area contributed by atoms with Gasteiger partial charge >= 0.3 is 43.1 Å². The zero-order valence-electron chi connectivity index (χ0n) is 17.9. The van der Waals surface area contributed by atoms with Crippen molar-refractivity contribution in [2.24, 2.45) is 23.7 Å². The second-order valence-electron chi connectivity index (χ2n) is 8.20. The van der Waals surface area contributed by atoms with Crippen molar-refractivity contribution in [3.05, 3.63) is 60.4 Å². The second kappa shape index (κ2) is 15.5. The molecule has 4 aliphatic carbocycles. The maximum absolute atomic E-state index is 2.47. The number of hydrogen-bond donors (Lipinski definition) is 0. The van der Waals surface area contributed by atoms with Crippen molar-refractivity contribution in [2.75, 3.05) is 0 Å². The van der Waals surface area contributed by atoms with Crippen molar-refractivity contribution in [1.82, 2.24) is 0 Å². The summed E-state index contributed by atoms with van der Waals surface area (Å²) in [5.41, 5.74) is 3.19. The molecule has 0 nitrogen and oxygen atoms in total. The third-order valence-electron chi connectivity index (χ3n) is 5.71. The molecule has 4 rings (SSSR count). The number of fused-ring (bicyclic) bond motifs is 2. The molecule has 0 spiro atoms. The van der Waals surface area contributed by atoms with E-state index in [0.29, 0.717) is 0 Å². The molecule has 0 aromatic heterocycles. The maximum Gasteiger partial charge on any atom is -1.00 e. The zero-order chi connectivity index (χ0) is 18.9. The zero-order valence-corrected chi connectivity index (χ0v) is 24.0. The Balaban J connectivity index is 0.000000415. The largest absolute Gasteiger partial charge is 1.00 e. The summed E-state index contributed by atoms with van der Waals surface area (Å²) in [4.78, 5) is 0. The Kier molecular flexibility index (Phi) is 15.9. The van der Waals surface area contributed by atoms with E-state index >= 15 is 0 Å². The van der Waals surface area contributed by atoms with Gasteiger partial charge in [0, 0.05) is 0 Å². The number of hydrogen-bond acceptors (Lipinski definition) is 0. The molecule has 2 saturated carbocycles. The first-order chi connectivity index (χ1) is 12.5. The van der Waals surface area contributed by atoms with Crippen LogP contribution in [0.2, 0.25) is 11.5 Å². The van der Waals surface area contributed by atoms with Gasteiger partial charge < -0.3 is 24.8 Å². The predicted molar refractivity (Wildman–Crippen MR) is 114 cm³/mol. The van der Waals surface area contributed by atoms with Crippen LogP contribution in [0.1, 0.15) is 52.4 Å². The molecule has 0 aliphatic heterocycles. The van der Waals surface area contributed by atoms with Crippen LogP contribution in [0.3, 0.4) is 0 Å². The summed E-state index contributed by atoms with van der Waals surface area (Å²) >= 11 is 1.80. The van der Waals surface area contributed by atoms with E-state index < -0.39 is 0 Å². The van der Waals surface area contributed by atoms with Gasteiger partial charge in [0.1, 0.15) is 0 Å². The third kappa shape index (κ3) is 9.68. The quantitative estimate of drug-likeness (QED) is 0.351. The van der Waals surface area contributed by atoms with Crippen molar-refractivity contribution in [2.45, 2.75) is 63.9 Å². The first kappa shape index (κ1) is 28.7. The van der Waals surface area contributed by atoms with Crippen molar-refractivity contribution in [3.63, 3.8) is 0 Å². The van der Waals surface area contributed by atoms with E-state index in [2.05, 4.69) is 74.7 Å². The Morgan fingerprint density at radius 3 is 1.50 bits per heavy atom. The Morgan fingerprint density at radius 1 is 0.857 bits per heavy atom. The molecule has 4 aliphatic rings. The minimum absolute atomic E-state index is 0. The molecular weight excluding hydrogens is 523 g/mol. The molecule has 4 atom stereocenters. The summed E-state index contributed by atoms with van der Waals surface area (Å²) < 4.78 is 0. The van der Waals surface area contributed by atoms with Crippen LogP contribution in [0.5, 0.6) is 0 Å². The standard InChI is InChI=1S/2C11H15.C2H6Ge.2ClH.Zr/c2*1-2-9-7-10-5-3-4-6-11(10)8-9;1-3-2;;;/h2*3-5,7,9,11H,2,6,8H2,1H3;1-2H3;2*1H;/q2*-1;;;;+2/p-2. The molecule has 0 bridgehead atoms. The van der Waals surface area contributed by atoms with E-state index in [1.165, 1.54) is 38.5 Å². The molecule has 0 saturated heterocycles. The molecule has 2 fully saturated rings. The van der Waals surface area contributed by atoms with Crippen molar-refractivity contribution >= 4 is 9.98 Å². The van der Waals surface area contributed by atoms with Gasteiger partial charge in [-0.25, -0.2) is 36.1 Å². The predicted octanol–water partition coefficient (Wildman–Crippen LogP) is 1.04. The van der Waals surface area contributed by atoms with Gasteiger partial charge in [0.15, 0.2) is 0 Å². The van der Waals surface area contributed by atoms with Gasteiger partial charge in [-0.3, -0.25) is 0 Å². The Labute approximate surface area is 202 Å². The van der Waals surface area contributed by atoms with Crippen LogP contribution >= 0.6 is 0 Å². The molecule has 0 radical (unpaired) electrons. The first-order valence-corrected chi connectivity index (χ1v) is 22.1. The minimum Gasteiger partial charge on any atom is -1.00 e. The molecular formula is C24H36Cl2GeZr-2. The summed E-state index contributed by atoms with van der Waals surface area (Å²) in [5.74, 6) is 8.21. The fourth-order valence-electron chi connectivity index (χ4n) is 4.22. The normalized spacial score (nSPS) is 28.1. The SMILES string of the molecule is CCC1[CH-]C2=CC=CCC2C1.CCC1[CH-]C2=CC=CCC2C1.[CH3][Ge]([CH3])=[Zr+2].[Cl-].[Cl-]. The molecule has 4 heteroatoms. The van der Waals surface area contributed by atoms with Gasteiger partial charge in [0.25, 0.3) is 0 Å². The number of rotatable bonds is 2. The molecule has 0 heterocycles. The molecule has 28 heavy (non-hydrogen) atoms. The average Bonchev–Trinajstić information content (AvgIpc) is 3.24. The van der Waals surface area contributed by atoms with Crippen molar-refractivity contribution in [1.29, 1.82) is 0 Å². The molecule has 156 valence electrons. The van der Waals surface area contributed by atoms with Crippen LogP contribution in [0.15, 0.2) is 47.6 Å². The van der Waals surface area contributed by atoms with E-state index in [-0.39, 0.29) is 34.8 Å². The summed E-state index contributed by atoms with van der Waals surface area (Å²) in [6, 6.07) is 0. The molecule has 0 N–H and O–H groups in total. The van der Waals surface area contributed by atoms with Gasteiger partial charge in [0.2, 0.25) is 0 Å². The van der Waals surface area contributed by atoms with Gasteiger partial charge in [0.05, 0.1) is 0 Å². The van der Waals surface area contributed by atoms with Crippen LogP contribution in [-0.2, 0) is 21.6 Å². The van der Waals surface area contributed by atoms with E-state index in [0.717, 1.165) is 23.7 Å². The van der Waals surface area contributed by atoms with Crippen molar-refractivity contribution < 1.29 is 46.4 Å². The van der Waals surface area contributed by atoms with E-state index in [1.807, 2.05) is 0 Å². The van der Waals surface area contributed by atoms with Crippen LogP contribution in [0, 0.1) is 36.5 Å². The summed E-state index contributed by atoms with van der Waals surface area (Å²) in [5, 5.41) is 0. The smallest absolute Gasteiger partial charge is 1.00 e. The Hall–Kier alpha value is 0.706. The average molecular weight is 559 g/mol. The monoisotopic (exact) mass is 558 g/mol. The third-order valence-corrected chi connectivity index (χ3v) is 5.71. The van der Waals surface area contributed by atoms with Crippen LogP contribution in [0.4, 0.5) is 0 Å². The van der Waals surface area contributed by atoms with Gasteiger partial charge in [-0.15, -0.1) is 24.3 Å². The van der Waals surface area contributed by atoms with Gasteiger partial charge in [-0.1, -0.05) is 51.4 Å². The summed E-state index contributed by atoms with van der Waals surface area (Å²) in [7, 11) is -0.243. The fraction of sp³-hybridized carbons (Fsp3) is 0.583. The number of allylic oxidation sites excluding steroid dienone is 8. The Bertz CT molecular complexity index is 541. The summed E-state index contributed by atoms with van der Waals surface area (Å²) in [6.07, 6.45) is 26.4. The van der Waals surface area contributed by atoms with Gasteiger partial charge in [-0.2, -0.15) is 0 Å². The Morgan fingerprint density at radius 2 is 1.21 bits per heavy atom. The van der Waals surface area contributed by atoms with E-state index in [4.69, 9.17) is 0 Å². The van der Waals surface area contributed by atoms with Crippen molar-refractivity contribution in [3.8, 4) is 0 Å². The van der Waals surface area contributed by atoms with Crippen LogP contribution in [0.25, 0.3) is 0 Å². The molecule has 0 aromatic carbocycles. The number of halogens is 2.